The Balaban J connectivity index is 0.00000137. The lowest BCUT2D eigenvalue weighted by atomic mass is 10.2. The van der Waals surface area contributed by atoms with Crippen LogP contribution in [0.1, 0.15) is 48.0 Å². The number of amides is 2. The molecular weight excluding hydrogens is 252 g/mol. The average molecular weight is 276 g/mol. The molecule has 0 saturated carbocycles. The number of hydrogen-bond acceptors (Lipinski definition) is 4. The highest BCUT2D eigenvalue weighted by Crippen LogP contribution is 2.26. The summed E-state index contributed by atoms with van der Waals surface area (Å²) in [6, 6.07) is 0. The Hall–Kier alpha value is -0.910. The maximum atomic E-state index is 11.7. The van der Waals surface area contributed by atoms with Gasteiger partial charge in [0.05, 0.1) is 25.2 Å². The summed E-state index contributed by atoms with van der Waals surface area (Å²) in [5.41, 5.74) is -0.500. The van der Waals surface area contributed by atoms with Gasteiger partial charge in [0.1, 0.15) is 5.60 Å². The summed E-state index contributed by atoms with van der Waals surface area (Å²) < 4.78 is 8.27. The molecule has 0 aromatic carbocycles. The van der Waals surface area contributed by atoms with E-state index in [1.807, 2.05) is 34.6 Å². The maximum absolute atomic E-state index is 11.7. The van der Waals surface area contributed by atoms with Crippen LogP contribution < -0.4 is 0 Å². The minimum atomic E-state index is -0.500. The van der Waals surface area contributed by atoms with E-state index in [9.17, 15) is 9.59 Å². The Morgan fingerprint density at radius 2 is 1.67 bits per heavy atom. The number of hydrogen-bond donors (Lipinski definition) is 0. The second-order valence-electron chi connectivity index (χ2n) is 4.51. The standard InChI is InChI=1S/C10H18N2O3S.C2H6/c1-5-8(13)11-6-7-12(16-11)9(14)15-10(2,3)4;1-2/h5-7H2,1-4H3;1-2H3. The summed E-state index contributed by atoms with van der Waals surface area (Å²) in [7, 11) is 0. The van der Waals surface area contributed by atoms with Crippen LogP contribution in [0, 0.1) is 0 Å². The van der Waals surface area contributed by atoms with Crippen molar-refractivity contribution in [2.24, 2.45) is 0 Å². The minimum Gasteiger partial charge on any atom is -0.443 e. The molecule has 0 aliphatic carbocycles. The third kappa shape index (κ3) is 5.62. The Morgan fingerprint density at radius 3 is 2.11 bits per heavy atom. The normalized spacial score (nSPS) is 15.0. The molecule has 2 amide bonds. The van der Waals surface area contributed by atoms with Gasteiger partial charge in [-0.15, -0.1) is 0 Å². The quantitative estimate of drug-likeness (QED) is 0.691. The van der Waals surface area contributed by atoms with Gasteiger partial charge in [-0.3, -0.25) is 9.10 Å². The first-order valence-corrected chi connectivity index (χ1v) is 7.05. The van der Waals surface area contributed by atoms with Crippen LogP contribution in [-0.2, 0) is 9.53 Å². The van der Waals surface area contributed by atoms with Crippen molar-refractivity contribution >= 4 is 24.1 Å². The Bertz CT molecular complexity index is 290. The number of carbonyl (C=O) groups is 2. The highest BCUT2D eigenvalue weighted by molar-refractivity contribution is 7.95. The first-order chi connectivity index (χ1) is 8.33. The van der Waals surface area contributed by atoms with Gasteiger partial charge in [0.25, 0.3) is 0 Å². The molecule has 0 N–H and O–H groups in total. The molecule has 0 bridgehead atoms. The fraction of sp³-hybridized carbons (Fsp3) is 0.833. The smallest absolute Gasteiger partial charge is 0.421 e. The predicted octanol–water partition coefficient (Wildman–Crippen LogP) is 3.07. The van der Waals surface area contributed by atoms with Crippen molar-refractivity contribution in [1.29, 1.82) is 0 Å². The summed E-state index contributed by atoms with van der Waals surface area (Å²) in [5.74, 6) is 0.0380. The molecule has 0 aromatic rings. The lowest BCUT2D eigenvalue weighted by Gasteiger charge is -2.23. The molecule has 0 aromatic heterocycles. The third-order valence-electron chi connectivity index (χ3n) is 1.88. The molecule has 106 valence electrons. The van der Waals surface area contributed by atoms with Gasteiger partial charge in [-0.25, -0.2) is 9.10 Å². The molecular formula is C12H24N2O3S. The molecule has 0 spiro atoms. The van der Waals surface area contributed by atoms with Gasteiger partial charge >= 0.3 is 6.09 Å². The van der Waals surface area contributed by atoms with Crippen molar-refractivity contribution < 1.29 is 14.3 Å². The van der Waals surface area contributed by atoms with E-state index in [4.69, 9.17) is 4.74 Å². The number of ether oxygens (including phenoxy) is 1. The van der Waals surface area contributed by atoms with Crippen LogP contribution in [0.25, 0.3) is 0 Å². The van der Waals surface area contributed by atoms with Gasteiger partial charge in [-0.1, -0.05) is 20.8 Å². The molecule has 1 rings (SSSR count). The molecule has 1 saturated heterocycles. The molecule has 0 radical (unpaired) electrons. The van der Waals surface area contributed by atoms with Crippen molar-refractivity contribution in [3.8, 4) is 0 Å². The molecule has 0 unspecified atom stereocenters. The lowest BCUT2D eigenvalue weighted by molar-refractivity contribution is -0.125. The van der Waals surface area contributed by atoms with E-state index in [1.54, 1.807) is 11.2 Å². The van der Waals surface area contributed by atoms with E-state index >= 15 is 0 Å². The highest BCUT2D eigenvalue weighted by Gasteiger charge is 2.31. The number of rotatable bonds is 1. The summed E-state index contributed by atoms with van der Waals surface area (Å²) in [6.45, 7) is 12.3. The van der Waals surface area contributed by atoms with Crippen molar-refractivity contribution in [2.45, 2.75) is 53.6 Å². The van der Waals surface area contributed by atoms with Crippen molar-refractivity contribution in [3.05, 3.63) is 0 Å². The molecule has 6 heteroatoms. The molecule has 0 atom stereocenters. The van der Waals surface area contributed by atoms with Crippen molar-refractivity contribution in [2.75, 3.05) is 13.1 Å². The first kappa shape index (κ1) is 17.1. The second kappa shape index (κ2) is 7.51. The number of carbonyl (C=O) groups excluding carboxylic acids is 2. The largest absolute Gasteiger partial charge is 0.443 e. The van der Waals surface area contributed by atoms with E-state index in [-0.39, 0.29) is 12.0 Å². The van der Waals surface area contributed by atoms with Crippen LogP contribution in [0.5, 0.6) is 0 Å². The van der Waals surface area contributed by atoms with Gasteiger partial charge in [0, 0.05) is 6.42 Å². The minimum absolute atomic E-state index is 0.0380. The van der Waals surface area contributed by atoms with E-state index in [1.165, 1.54) is 4.31 Å². The zero-order valence-corrected chi connectivity index (χ0v) is 13.0. The van der Waals surface area contributed by atoms with E-state index < -0.39 is 5.60 Å². The van der Waals surface area contributed by atoms with Crippen LogP contribution in [0.2, 0.25) is 0 Å². The summed E-state index contributed by atoms with van der Waals surface area (Å²) >= 11 is 1.13. The maximum Gasteiger partial charge on any atom is 0.421 e. The van der Waals surface area contributed by atoms with E-state index in [0.717, 1.165) is 12.1 Å². The summed E-state index contributed by atoms with van der Waals surface area (Å²) in [5, 5.41) is 0. The van der Waals surface area contributed by atoms with Crippen LogP contribution >= 0.6 is 12.1 Å². The van der Waals surface area contributed by atoms with Crippen molar-refractivity contribution in [3.63, 3.8) is 0 Å². The monoisotopic (exact) mass is 276 g/mol. The fourth-order valence-corrected chi connectivity index (χ4v) is 2.05. The molecule has 5 nitrogen and oxygen atoms in total. The van der Waals surface area contributed by atoms with Crippen molar-refractivity contribution in [1.82, 2.24) is 8.61 Å². The molecule has 1 aliphatic heterocycles. The zero-order chi connectivity index (χ0) is 14.3. The van der Waals surface area contributed by atoms with Gasteiger partial charge in [0.2, 0.25) is 5.91 Å². The van der Waals surface area contributed by atoms with Crippen LogP contribution in [0.4, 0.5) is 4.79 Å². The molecule has 1 aliphatic rings. The summed E-state index contributed by atoms with van der Waals surface area (Å²) in [4.78, 5) is 23.1. The van der Waals surface area contributed by atoms with Gasteiger partial charge in [0.15, 0.2) is 0 Å². The molecule has 1 fully saturated rings. The Labute approximate surface area is 114 Å². The average Bonchev–Trinajstić information content (AvgIpc) is 2.78. The molecule has 18 heavy (non-hydrogen) atoms. The Kier molecular flexibility index (Phi) is 7.13. The molecule has 1 heterocycles. The van der Waals surface area contributed by atoms with E-state index in [0.29, 0.717) is 19.5 Å². The van der Waals surface area contributed by atoms with Gasteiger partial charge in [-0.05, 0) is 20.8 Å². The van der Waals surface area contributed by atoms with Gasteiger partial charge in [-0.2, -0.15) is 0 Å². The fourth-order valence-electron chi connectivity index (χ4n) is 1.17. The van der Waals surface area contributed by atoms with Crippen LogP contribution in [0.3, 0.4) is 0 Å². The third-order valence-corrected chi connectivity index (χ3v) is 2.99. The van der Waals surface area contributed by atoms with E-state index in [2.05, 4.69) is 0 Å². The highest BCUT2D eigenvalue weighted by atomic mass is 32.2. The topological polar surface area (TPSA) is 49.9 Å². The van der Waals surface area contributed by atoms with Gasteiger partial charge < -0.3 is 4.74 Å². The second-order valence-corrected chi connectivity index (χ2v) is 5.56. The SMILES string of the molecule is CC.CCC(=O)N1CCN(C(=O)OC(C)(C)C)S1. The predicted molar refractivity (Wildman–Crippen MR) is 73.9 cm³/mol. The number of nitrogens with zero attached hydrogens (tertiary/aromatic N) is 2. The van der Waals surface area contributed by atoms with Crippen LogP contribution in [0.15, 0.2) is 0 Å². The summed E-state index contributed by atoms with van der Waals surface area (Å²) in [6.07, 6.45) is 0.0683. The first-order valence-electron chi connectivity index (χ1n) is 6.32. The Morgan fingerprint density at radius 1 is 1.17 bits per heavy atom. The zero-order valence-electron chi connectivity index (χ0n) is 12.1. The van der Waals surface area contributed by atoms with Crippen LogP contribution in [-0.4, -0.2) is 39.3 Å². The lowest BCUT2D eigenvalue weighted by Crippen LogP contribution is -2.31.